The fourth-order valence-electron chi connectivity index (χ4n) is 1.77. The fraction of sp³-hybridized carbons (Fsp3) is 0.267. The number of anilines is 1. The van der Waals surface area contributed by atoms with E-state index in [0.717, 1.165) is 23.6 Å². The summed E-state index contributed by atoms with van der Waals surface area (Å²) in [5.41, 5.74) is 1.26. The van der Waals surface area contributed by atoms with Gasteiger partial charge in [0.15, 0.2) is 5.82 Å². The van der Waals surface area contributed by atoms with E-state index >= 15 is 0 Å². The molecule has 1 aliphatic rings. The average Bonchev–Trinajstić information content (AvgIpc) is 3.32. The summed E-state index contributed by atoms with van der Waals surface area (Å²) in [7, 11) is 0. The monoisotopic (exact) mass is 285 g/mol. The van der Waals surface area contributed by atoms with E-state index in [-0.39, 0.29) is 11.8 Å². The van der Waals surface area contributed by atoms with E-state index in [9.17, 15) is 4.79 Å². The van der Waals surface area contributed by atoms with Crippen LogP contribution in [0, 0.1) is 5.92 Å². The molecule has 1 saturated carbocycles. The van der Waals surface area contributed by atoms with Crippen LogP contribution in [0.4, 0.5) is 5.82 Å². The molecule has 1 aromatic carbocycles. The van der Waals surface area contributed by atoms with Crippen molar-refractivity contribution in [2.75, 3.05) is 5.32 Å². The molecule has 3 rings (SSSR count). The van der Waals surface area contributed by atoms with Gasteiger partial charge in [-0.15, -0.1) is 10.2 Å². The van der Waals surface area contributed by atoms with Crippen LogP contribution < -0.4 is 5.32 Å². The van der Waals surface area contributed by atoms with Crippen LogP contribution in [0.3, 0.4) is 0 Å². The van der Waals surface area contributed by atoms with Gasteiger partial charge in [0, 0.05) is 11.7 Å². The van der Waals surface area contributed by atoms with Gasteiger partial charge in [-0.1, -0.05) is 42.1 Å². The molecule has 102 valence electrons. The lowest BCUT2D eigenvalue weighted by Crippen LogP contribution is -2.14. The molecule has 1 heterocycles. The lowest BCUT2D eigenvalue weighted by atomic mass is 10.2. The van der Waals surface area contributed by atoms with Crippen LogP contribution >= 0.6 is 11.8 Å². The Balaban J connectivity index is 1.54. The summed E-state index contributed by atoms with van der Waals surface area (Å²) in [5.74, 6) is 1.64. The molecule has 20 heavy (non-hydrogen) atoms. The van der Waals surface area contributed by atoms with E-state index in [1.165, 1.54) is 5.56 Å². The van der Waals surface area contributed by atoms with Crippen molar-refractivity contribution in [1.82, 2.24) is 10.2 Å². The number of benzene rings is 1. The third kappa shape index (κ3) is 3.57. The molecule has 5 heteroatoms. The second kappa shape index (κ2) is 6.05. The van der Waals surface area contributed by atoms with Gasteiger partial charge < -0.3 is 5.32 Å². The van der Waals surface area contributed by atoms with Gasteiger partial charge in [-0.05, 0) is 30.5 Å². The first-order valence-electron chi connectivity index (χ1n) is 6.62. The molecule has 4 nitrogen and oxygen atoms in total. The van der Waals surface area contributed by atoms with E-state index in [1.54, 1.807) is 17.8 Å². The van der Waals surface area contributed by atoms with Gasteiger partial charge in [0.1, 0.15) is 5.03 Å². The number of carbonyl (C=O) groups excluding carboxylic acids is 1. The molecule has 0 spiro atoms. The van der Waals surface area contributed by atoms with Crippen molar-refractivity contribution >= 4 is 23.5 Å². The highest BCUT2D eigenvalue weighted by Crippen LogP contribution is 2.30. The molecule has 1 aromatic heterocycles. The molecular weight excluding hydrogens is 270 g/mol. The number of nitrogens with one attached hydrogen (secondary N) is 1. The Bertz CT molecular complexity index is 582. The number of hydrogen-bond acceptors (Lipinski definition) is 4. The average molecular weight is 285 g/mol. The zero-order valence-corrected chi connectivity index (χ0v) is 11.8. The van der Waals surface area contributed by atoms with E-state index in [1.807, 2.05) is 24.3 Å². The van der Waals surface area contributed by atoms with Gasteiger partial charge >= 0.3 is 0 Å². The number of aromatic nitrogens is 2. The summed E-state index contributed by atoms with van der Waals surface area (Å²) in [6.07, 6.45) is 1.98. The molecular formula is C15H15N3OS. The largest absolute Gasteiger partial charge is 0.309 e. The van der Waals surface area contributed by atoms with Gasteiger partial charge in [-0.3, -0.25) is 4.79 Å². The maximum atomic E-state index is 11.6. The summed E-state index contributed by atoms with van der Waals surface area (Å²) >= 11 is 1.63. The van der Waals surface area contributed by atoms with Gasteiger partial charge in [-0.2, -0.15) is 0 Å². The molecule has 1 aliphatic carbocycles. The molecule has 0 aliphatic heterocycles. The minimum atomic E-state index is 0.0592. The predicted molar refractivity (Wildman–Crippen MR) is 79.4 cm³/mol. The summed E-state index contributed by atoms with van der Waals surface area (Å²) in [4.78, 5) is 11.6. The molecule has 0 unspecified atom stereocenters. The second-order valence-corrected chi connectivity index (χ2v) is 5.79. The highest BCUT2D eigenvalue weighted by molar-refractivity contribution is 7.98. The van der Waals surface area contributed by atoms with Gasteiger partial charge in [0.2, 0.25) is 5.91 Å². The van der Waals surface area contributed by atoms with Crippen molar-refractivity contribution in [2.24, 2.45) is 5.92 Å². The number of hydrogen-bond donors (Lipinski definition) is 1. The Labute approximate surface area is 122 Å². The molecule has 0 bridgehead atoms. The first-order valence-corrected chi connectivity index (χ1v) is 7.61. The van der Waals surface area contributed by atoms with Crippen molar-refractivity contribution in [3.05, 3.63) is 48.0 Å². The number of rotatable bonds is 5. The van der Waals surface area contributed by atoms with E-state index < -0.39 is 0 Å². The van der Waals surface area contributed by atoms with Crippen LogP contribution in [0.15, 0.2) is 47.5 Å². The summed E-state index contributed by atoms with van der Waals surface area (Å²) in [6.45, 7) is 0. The van der Waals surface area contributed by atoms with Crippen LogP contribution in [0.25, 0.3) is 0 Å². The Kier molecular flexibility index (Phi) is 3.97. The second-order valence-electron chi connectivity index (χ2n) is 4.79. The van der Waals surface area contributed by atoms with Crippen molar-refractivity contribution in [3.63, 3.8) is 0 Å². The van der Waals surface area contributed by atoms with Crippen molar-refractivity contribution < 1.29 is 4.79 Å². The number of nitrogens with zero attached hydrogens (tertiary/aromatic N) is 2. The quantitative estimate of drug-likeness (QED) is 0.858. The Hall–Kier alpha value is -1.88. The van der Waals surface area contributed by atoms with Crippen LogP contribution in [0.2, 0.25) is 0 Å². The Morgan fingerprint density at radius 3 is 2.60 bits per heavy atom. The lowest BCUT2D eigenvalue weighted by Gasteiger charge is -2.04. The maximum Gasteiger partial charge on any atom is 0.228 e. The van der Waals surface area contributed by atoms with Gasteiger partial charge in [0.05, 0.1) is 0 Å². The molecule has 0 radical (unpaired) electrons. The van der Waals surface area contributed by atoms with Crippen LogP contribution in [0.5, 0.6) is 0 Å². The van der Waals surface area contributed by atoms with E-state index in [0.29, 0.717) is 5.82 Å². The summed E-state index contributed by atoms with van der Waals surface area (Å²) < 4.78 is 0. The number of amides is 1. The number of thioether (sulfide) groups is 1. The molecule has 1 fully saturated rings. The normalized spacial score (nSPS) is 14.0. The van der Waals surface area contributed by atoms with Crippen molar-refractivity contribution in [1.29, 1.82) is 0 Å². The van der Waals surface area contributed by atoms with Crippen molar-refractivity contribution in [2.45, 2.75) is 23.6 Å². The third-order valence-electron chi connectivity index (χ3n) is 3.07. The SMILES string of the molecule is O=C(Nc1ccc(SCc2ccccc2)nn1)C1CC1. The Morgan fingerprint density at radius 1 is 1.15 bits per heavy atom. The van der Waals surface area contributed by atoms with E-state index in [2.05, 4.69) is 27.6 Å². The fourth-order valence-corrected chi connectivity index (χ4v) is 2.54. The van der Waals surface area contributed by atoms with Gasteiger partial charge in [0.25, 0.3) is 0 Å². The van der Waals surface area contributed by atoms with Crippen LogP contribution in [-0.2, 0) is 10.5 Å². The predicted octanol–water partition coefficient (Wildman–Crippen LogP) is 3.12. The minimum Gasteiger partial charge on any atom is -0.309 e. The molecule has 1 amide bonds. The summed E-state index contributed by atoms with van der Waals surface area (Å²) in [6, 6.07) is 13.9. The van der Waals surface area contributed by atoms with Gasteiger partial charge in [-0.25, -0.2) is 0 Å². The highest BCUT2D eigenvalue weighted by atomic mass is 32.2. The molecule has 2 aromatic rings. The van der Waals surface area contributed by atoms with Crippen LogP contribution in [-0.4, -0.2) is 16.1 Å². The Morgan fingerprint density at radius 2 is 1.95 bits per heavy atom. The minimum absolute atomic E-state index is 0.0592. The number of carbonyl (C=O) groups is 1. The van der Waals surface area contributed by atoms with E-state index in [4.69, 9.17) is 0 Å². The smallest absolute Gasteiger partial charge is 0.228 e. The molecule has 0 saturated heterocycles. The topological polar surface area (TPSA) is 54.9 Å². The highest BCUT2D eigenvalue weighted by Gasteiger charge is 2.29. The standard InChI is InChI=1S/C15H15N3OS/c19-15(12-6-7-12)16-13-8-9-14(18-17-13)20-10-11-4-2-1-3-5-11/h1-5,8-9,12H,6-7,10H2,(H,16,17,19). The van der Waals surface area contributed by atoms with Crippen molar-refractivity contribution in [3.8, 4) is 0 Å². The zero-order chi connectivity index (χ0) is 13.8. The van der Waals surface area contributed by atoms with Crippen LogP contribution in [0.1, 0.15) is 18.4 Å². The molecule has 0 atom stereocenters. The first kappa shape index (κ1) is 13.1. The summed E-state index contributed by atoms with van der Waals surface area (Å²) in [5, 5.41) is 11.8. The lowest BCUT2D eigenvalue weighted by molar-refractivity contribution is -0.117. The molecule has 1 N–H and O–H groups in total. The third-order valence-corrected chi connectivity index (χ3v) is 4.06. The zero-order valence-electron chi connectivity index (χ0n) is 11.0. The first-order chi connectivity index (χ1) is 9.81. The maximum absolute atomic E-state index is 11.6.